The zero-order valence-electron chi connectivity index (χ0n) is 21.5. The van der Waals surface area contributed by atoms with E-state index in [0.29, 0.717) is 73.3 Å². The van der Waals surface area contributed by atoms with Gasteiger partial charge in [0.15, 0.2) is 0 Å². The average molecular weight is 552 g/mol. The molecule has 0 spiro atoms. The summed E-state index contributed by atoms with van der Waals surface area (Å²) in [6, 6.07) is 4.67. The highest BCUT2D eigenvalue weighted by Gasteiger charge is 2.29. The Balaban J connectivity index is 1.81. The highest BCUT2D eigenvalue weighted by atomic mass is 35.5. The number of nitrogens with zero attached hydrogens (tertiary/aromatic N) is 4. The van der Waals surface area contributed by atoms with Gasteiger partial charge in [-0.15, -0.1) is 0 Å². The summed E-state index contributed by atoms with van der Waals surface area (Å²) >= 11 is 6.53. The minimum absolute atomic E-state index is 0.0392. The van der Waals surface area contributed by atoms with E-state index < -0.39 is 10.0 Å². The number of H-pyrrole nitrogens is 1. The van der Waals surface area contributed by atoms with Crippen molar-refractivity contribution in [3.63, 3.8) is 0 Å². The van der Waals surface area contributed by atoms with Gasteiger partial charge in [0.2, 0.25) is 10.0 Å². The second kappa shape index (κ2) is 11.5. The summed E-state index contributed by atoms with van der Waals surface area (Å²) in [5.74, 6) is 0.670. The van der Waals surface area contributed by atoms with Crippen LogP contribution in [0.15, 0.2) is 27.9 Å². The van der Waals surface area contributed by atoms with Crippen LogP contribution in [0.1, 0.15) is 32.3 Å². The second-order valence-electron chi connectivity index (χ2n) is 9.17. The summed E-state index contributed by atoms with van der Waals surface area (Å²) in [5, 5.41) is 9.64. The molecular weight excluding hydrogens is 518 g/mol. The number of benzene rings is 1. The van der Waals surface area contributed by atoms with Gasteiger partial charge in [-0.05, 0) is 31.0 Å². The third-order valence-corrected chi connectivity index (χ3v) is 8.99. The Morgan fingerprint density at radius 3 is 2.54 bits per heavy atom. The predicted molar refractivity (Wildman–Crippen MR) is 144 cm³/mol. The van der Waals surface area contributed by atoms with E-state index in [2.05, 4.69) is 4.98 Å². The Kier molecular flexibility index (Phi) is 8.59. The average Bonchev–Trinajstić information content (AvgIpc) is 3.13. The number of halogens is 1. The highest BCUT2D eigenvalue weighted by Crippen LogP contribution is 2.34. The summed E-state index contributed by atoms with van der Waals surface area (Å²) in [5.41, 5.74) is 1.70. The lowest BCUT2D eigenvalue weighted by Crippen LogP contribution is -2.49. The van der Waals surface area contributed by atoms with Gasteiger partial charge in [0.1, 0.15) is 27.8 Å². The molecule has 1 aliphatic heterocycles. The summed E-state index contributed by atoms with van der Waals surface area (Å²) in [4.78, 5) is 22.9. The Morgan fingerprint density at radius 1 is 1.16 bits per heavy atom. The molecule has 202 valence electrons. The Labute approximate surface area is 221 Å². The van der Waals surface area contributed by atoms with Gasteiger partial charge in [0.05, 0.1) is 23.7 Å². The van der Waals surface area contributed by atoms with Crippen LogP contribution >= 0.6 is 11.6 Å². The van der Waals surface area contributed by atoms with Gasteiger partial charge in [-0.1, -0.05) is 31.9 Å². The fourth-order valence-electron chi connectivity index (χ4n) is 4.66. The number of rotatable bonds is 10. The van der Waals surface area contributed by atoms with Gasteiger partial charge in [-0.25, -0.2) is 13.4 Å². The first-order valence-corrected chi connectivity index (χ1v) is 14.4. The topological polar surface area (TPSA) is 121 Å². The molecule has 2 N–H and O–H groups in total. The number of aryl methyl sites for hydroxylation is 2. The van der Waals surface area contributed by atoms with Gasteiger partial charge in [-0.3, -0.25) is 9.69 Å². The number of piperazine rings is 1. The highest BCUT2D eigenvalue weighted by molar-refractivity contribution is 7.89. The molecule has 0 saturated carbocycles. The lowest BCUT2D eigenvalue weighted by Gasteiger charge is -2.33. The van der Waals surface area contributed by atoms with E-state index >= 15 is 0 Å². The zero-order valence-corrected chi connectivity index (χ0v) is 23.0. The van der Waals surface area contributed by atoms with Gasteiger partial charge >= 0.3 is 0 Å². The normalized spacial score (nSPS) is 15.5. The Bertz CT molecular complexity index is 1430. The molecule has 0 bridgehead atoms. The van der Waals surface area contributed by atoms with Crippen molar-refractivity contribution in [2.24, 2.45) is 7.05 Å². The van der Waals surface area contributed by atoms with Crippen molar-refractivity contribution in [1.29, 1.82) is 0 Å². The third kappa shape index (κ3) is 5.42. The quantitative estimate of drug-likeness (QED) is 0.397. The van der Waals surface area contributed by atoms with Gasteiger partial charge < -0.3 is 19.4 Å². The summed E-state index contributed by atoms with van der Waals surface area (Å²) in [6.45, 7) is 6.74. The summed E-state index contributed by atoms with van der Waals surface area (Å²) in [6.07, 6.45) is 2.24. The molecule has 1 aliphatic rings. The van der Waals surface area contributed by atoms with Crippen molar-refractivity contribution in [3.8, 4) is 17.1 Å². The number of nitrogens with one attached hydrogen (secondary N) is 1. The van der Waals surface area contributed by atoms with E-state index in [1.165, 1.54) is 16.4 Å². The summed E-state index contributed by atoms with van der Waals surface area (Å²) in [7, 11) is -2.07. The molecule has 3 heterocycles. The van der Waals surface area contributed by atoms with Crippen LogP contribution in [0.2, 0.25) is 5.15 Å². The molecule has 3 aromatic rings. The van der Waals surface area contributed by atoms with Crippen molar-refractivity contribution in [2.45, 2.75) is 38.0 Å². The second-order valence-corrected chi connectivity index (χ2v) is 11.5. The number of hydrogen-bond donors (Lipinski definition) is 2. The minimum atomic E-state index is -3.80. The Hall–Kier alpha value is -2.44. The molecule has 1 aromatic carbocycles. The molecule has 10 nitrogen and oxygen atoms in total. The third-order valence-electron chi connectivity index (χ3n) is 6.61. The van der Waals surface area contributed by atoms with E-state index in [1.54, 1.807) is 17.7 Å². The zero-order chi connectivity index (χ0) is 26.7. The smallest absolute Gasteiger partial charge is 0.275 e. The molecule has 0 amide bonds. The van der Waals surface area contributed by atoms with Gasteiger partial charge in [0, 0.05) is 45.3 Å². The molecule has 0 unspecified atom stereocenters. The molecule has 1 saturated heterocycles. The van der Waals surface area contributed by atoms with Crippen LogP contribution < -0.4 is 10.3 Å². The number of fused-ring (bicyclic) bond motifs is 1. The number of aromatic nitrogens is 3. The standard InChI is InChI=1S/C25H34ClN5O5S/c1-4-6-18-21-22(29(3)23(18)26)25(33)28-24(27-21)19-16-17(7-8-20(19)36-15-5-2)37(34,35)31-11-9-30(10-12-31)13-14-32/h7-8,16,32H,4-6,9-15H2,1-3H3,(H,27,28,33). The lowest BCUT2D eigenvalue weighted by molar-refractivity contribution is 0.151. The first-order chi connectivity index (χ1) is 17.7. The fourth-order valence-corrected chi connectivity index (χ4v) is 6.38. The van der Waals surface area contributed by atoms with Crippen LogP contribution in [0.25, 0.3) is 22.4 Å². The maximum absolute atomic E-state index is 13.5. The van der Waals surface area contributed by atoms with Crippen molar-refractivity contribution < 1.29 is 18.3 Å². The summed E-state index contributed by atoms with van der Waals surface area (Å²) < 4.78 is 36.1. The number of aliphatic hydroxyl groups is 1. The lowest BCUT2D eigenvalue weighted by atomic mass is 10.1. The van der Waals surface area contributed by atoms with Crippen LogP contribution in [-0.4, -0.2) is 83.2 Å². The van der Waals surface area contributed by atoms with Crippen LogP contribution in [-0.2, 0) is 23.5 Å². The molecule has 2 aromatic heterocycles. The largest absolute Gasteiger partial charge is 0.493 e. The van der Waals surface area contributed by atoms with Crippen molar-refractivity contribution >= 4 is 32.7 Å². The molecular formula is C25H34ClN5O5S. The number of aliphatic hydroxyl groups excluding tert-OH is 1. The fraction of sp³-hybridized carbons (Fsp3) is 0.520. The van der Waals surface area contributed by atoms with Crippen molar-refractivity contribution in [2.75, 3.05) is 45.9 Å². The van der Waals surface area contributed by atoms with E-state index in [0.717, 1.165) is 18.4 Å². The maximum atomic E-state index is 13.5. The number of β-amino-alcohol motifs (C(OH)–C–C–N with tert-alkyl or cyclic N) is 1. The van der Waals surface area contributed by atoms with Crippen molar-refractivity contribution in [3.05, 3.63) is 39.3 Å². The van der Waals surface area contributed by atoms with Crippen LogP contribution in [0, 0.1) is 0 Å². The first-order valence-electron chi connectivity index (χ1n) is 12.6. The minimum Gasteiger partial charge on any atom is -0.493 e. The van der Waals surface area contributed by atoms with Crippen molar-refractivity contribution in [1.82, 2.24) is 23.7 Å². The number of aromatic amines is 1. The molecule has 1 fully saturated rings. The molecule has 0 aliphatic carbocycles. The predicted octanol–water partition coefficient (Wildman–Crippen LogP) is 2.62. The molecule has 4 rings (SSSR count). The Morgan fingerprint density at radius 2 is 1.89 bits per heavy atom. The van der Waals surface area contributed by atoms with E-state index in [-0.39, 0.29) is 22.9 Å². The molecule has 0 radical (unpaired) electrons. The SMILES string of the molecule is CCCOc1ccc(S(=O)(=O)N2CCN(CCO)CC2)cc1-c1nc2c(CCC)c(Cl)n(C)c2c(=O)[nH]1. The number of hydrogen-bond acceptors (Lipinski definition) is 7. The monoisotopic (exact) mass is 551 g/mol. The van der Waals surface area contributed by atoms with Gasteiger partial charge in [-0.2, -0.15) is 4.31 Å². The van der Waals surface area contributed by atoms with Gasteiger partial charge in [0.25, 0.3) is 5.56 Å². The van der Waals surface area contributed by atoms with Crippen LogP contribution in [0.4, 0.5) is 0 Å². The van der Waals surface area contributed by atoms with Crippen LogP contribution in [0.5, 0.6) is 5.75 Å². The van der Waals surface area contributed by atoms with E-state index in [9.17, 15) is 18.3 Å². The van der Waals surface area contributed by atoms with E-state index in [1.807, 2.05) is 18.7 Å². The van der Waals surface area contributed by atoms with Crippen LogP contribution in [0.3, 0.4) is 0 Å². The van der Waals surface area contributed by atoms with E-state index in [4.69, 9.17) is 21.3 Å². The number of sulfonamides is 1. The molecule has 37 heavy (non-hydrogen) atoms. The molecule has 0 atom stereocenters. The maximum Gasteiger partial charge on any atom is 0.275 e. The molecule has 12 heteroatoms. The number of ether oxygens (including phenoxy) is 1. The first kappa shape index (κ1) is 27.6.